The van der Waals surface area contributed by atoms with Gasteiger partial charge in [0, 0.05) is 10.4 Å². The smallest absolute Gasteiger partial charge is 0.391 e. The Kier molecular flexibility index (Phi) is 3.63. The summed E-state index contributed by atoms with van der Waals surface area (Å²) >= 11 is 3.35. The number of aromatic nitrogens is 2. The van der Waals surface area contributed by atoms with Crippen molar-refractivity contribution in [2.75, 3.05) is 5.73 Å². The molecule has 1 aliphatic rings. The van der Waals surface area contributed by atoms with Crippen LogP contribution in [-0.2, 0) is 0 Å². The predicted octanol–water partition coefficient (Wildman–Crippen LogP) is 4.74. The van der Waals surface area contributed by atoms with E-state index >= 15 is 0 Å². The van der Waals surface area contributed by atoms with E-state index in [1.54, 1.807) is 6.07 Å². The van der Waals surface area contributed by atoms with Crippen molar-refractivity contribution in [2.24, 2.45) is 5.92 Å². The van der Waals surface area contributed by atoms with Crippen molar-refractivity contribution in [3.05, 3.63) is 22.4 Å². The van der Waals surface area contributed by atoms with E-state index in [9.17, 15) is 13.2 Å². The lowest BCUT2D eigenvalue weighted by atomic mass is 9.80. The first-order valence-corrected chi connectivity index (χ1v) is 7.65. The largest absolute Gasteiger partial charge is 0.397 e. The molecule has 0 amide bonds. The van der Waals surface area contributed by atoms with E-state index in [1.165, 1.54) is 0 Å². The Hall–Kier alpha value is -1.24. The highest BCUT2D eigenvalue weighted by atomic mass is 79.9. The number of imidazole rings is 1. The van der Waals surface area contributed by atoms with Crippen LogP contribution in [0, 0.1) is 5.92 Å². The van der Waals surface area contributed by atoms with E-state index in [1.807, 2.05) is 6.07 Å². The van der Waals surface area contributed by atoms with E-state index in [0.29, 0.717) is 23.4 Å². The fourth-order valence-electron chi connectivity index (χ4n) is 3.06. The SMILES string of the molecule is Nc1cc(Br)cc2[nH]c(C3CCCC(C(F)(F)F)C3)nc12. The molecule has 0 saturated heterocycles. The molecule has 1 fully saturated rings. The zero-order chi connectivity index (χ0) is 15.2. The molecule has 7 heteroatoms. The van der Waals surface area contributed by atoms with E-state index in [0.717, 1.165) is 16.4 Å². The van der Waals surface area contributed by atoms with Crippen molar-refractivity contribution in [1.29, 1.82) is 0 Å². The molecule has 0 bridgehead atoms. The number of anilines is 1. The van der Waals surface area contributed by atoms with Gasteiger partial charge in [0.1, 0.15) is 11.3 Å². The van der Waals surface area contributed by atoms with Gasteiger partial charge in [-0.1, -0.05) is 22.4 Å². The number of nitrogens with one attached hydrogen (secondary N) is 1. The van der Waals surface area contributed by atoms with Crippen LogP contribution >= 0.6 is 15.9 Å². The topological polar surface area (TPSA) is 54.7 Å². The van der Waals surface area contributed by atoms with E-state index in [4.69, 9.17) is 5.73 Å². The Morgan fingerprint density at radius 1 is 1.29 bits per heavy atom. The molecule has 3 rings (SSSR count). The number of hydrogen-bond donors (Lipinski definition) is 2. The van der Waals surface area contributed by atoms with E-state index in [-0.39, 0.29) is 18.8 Å². The van der Waals surface area contributed by atoms with Gasteiger partial charge in [0.2, 0.25) is 0 Å². The fraction of sp³-hybridized carbons (Fsp3) is 0.500. The summed E-state index contributed by atoms with van der Waals surface area (Å²) in [7, 11) is 0. The van der Waals surface area contributed by atoms with Crippen LogP contribution in [0.5, 0.6) is 0 Å². The number of halogens is 4. The van der Waals surface area contributed by atoms with Crippen LogP contribution in [0.2, 0.25) is 0 Å². The van der Waals surface area contributed by atoms with E-state index < -0.39 is 12.1 Å². The molecule has 1 aromatic carbocycles. The lowest BCUT2D eigenvalue weighted by Gasteiger charge is -2.29. The molecule has 0 radical (unpaired) electrons. The standard InChI is InChI=1S/C14H15BrF3N3/c15-9-5-10(19)12-11(6-9)20-13(21-12)7-2-1-3-8(4-7)14(16,17)18/h5-8H,1-4,19H2,(H,20,21). The first-order chi connectivity index (χ1) is 9.84. The number of H-pyrrole nitrogens is 1. The number of nitrogen functional groups attached to an aromatic ring is 1. The Labute approximate surface area is 128 Å². The average molecular weight is 362 g/mol. The zero-order valence-corrected chi connectivity index (χ0v) is 12.8. The second-order valence-electron chi connectivity index (χ2n) is 5.62. The van der Waals surface area contributed by atoms with Gasteiger partial charge >= 0.3 is 6.18 Å². The van der Waals surface area contributed by atoms with Gasteiger partial charge in [-0.25, -0.2) is 4.98 Å². The first-order valence-electron chi connectivity index (χ1n) is 6.86. The molecule has 2 atom stereocenters. The van der Waals surface area contributed by atoms with Crippen molar-refractivity contribution in [3.8, 4) is 0 Å². The van der Waals surface area contributed by atoms with Crippen LogP contribution in [0.1, 0.15) is 37.4 Å². The maximum Gasteiger partial charge on any atom is 0.391 e. The molecule has 21 heavy (non-hydrogen) atoms. The third kappa shape index (κ3) is 2.88. The average Bonchev–Trinajstić information content (AvgIpc) is 2.82. The van der Waals surface area contributed by atoms with Crippen molar-refractivity contribution in [3.63, 3.8) is 0 Å². The Bertz CT molecular complexity index is 665. The second-order valence-corrected chi connectivity index (χ2v) is 6.53. The number of nitrogens with zero attached hydrogens (tertiary/aromatic N) is 1. The molecule has 2 unspecified atom stereocenters. The lowest BCUT2D eigenvalue weighted by molar-refractivity contribution is -0.183. The molecule has 1 heterocycles. The Morgan fingerprint density at radius 2 is 2.05 bits per heavy atom. The summed E-state index contributed by atoms with van der Waals surface area (Å²) < 4.78 is 39.5. The number of hydrogen-bond acceptors (Lipinski definition) is 2. The minimum absolute atomic E-state index is 0.102. The molecule has 3 nitrogen and oxygen atoms in total. The zero-order valence-electron chi connectivity index (χ0n) is 11.2. The maximum absolute atomic E-state index is 12.9. The van der Waals surface area contributed by atoms with Gasteiger partial charge in [0.05, 0.1) is 17.1 Å². The van der Waals surface area contributed by atoms with Gasteiger partial charge in [-0.3, -0.25) is 0 Å². The summed E-state index contributed by atoms with van der Waals surface area (Å²) in [5, 5.41) is 0. The summed E-state index contributed by atoms with van der Waals surface area (Å²) in [5.74, 6) is -0.798. The van der Waals surface area contributed by atoms with Crippen LogP contribution in [0.15, 0.2) is 16.6 Å². The number of alkyl halides is 3. The number of benzene rings is 1. The van der Waals surface area contributed by atoms with Gasteiger partial charge in [0.25, 0.3) is 0 Å². The fourth-order valence-corrected chi connectivity index (χ4v) is 3.53. The third-order valence-electron chi connectivity index (χ3n) is 4.12. The van der Waals surface area contributed by atoms with Crippen LogP contribution in [-0.4, -0.2) is 16.1 Å². The third-order valence-corrected chi connectivity index (χ3v) is 4.58. The summed E-state index contributed by atoms with van der Waals surface area (Å²) in [6.45, 7) is 0. The van der Waals surface area contributed by atoms with Gasteiger partial charge in [-0.2, -0.15) is 13.2 Å². The molecule has 2 aromatic rings. The van der Waals surface area contributed by atoms with Gasteiger partial charge in [-0.15, -0.1) is 0 Å². The molecule has 0 aliphatic heterocycles. The minimum Gasteiger partial charge on any atom is -0.397 e. The van der Waals surface area contributed by atoms with Gasteiger partial charge < -0.3 is 10.7 Å². The summed E-state index contributed by atoms with van der Waals surface area (Å²) in [6.07, 6.45) is -2.50. The molecule has 114 valence electrons. The predicted molar refractivity (Wildman–Crippen MR) is 79.0 cm³/mol. The van der Waals surface area contributed by atoms with Crippen LogP contribution in [0.4, 0.5) is 18.9 Å². The maximum atomic E-state index is 12.9. The lowest BCUT2D eigenvalue weighted by Crippen LogP contribution is -2.28. The second kappa shape index (κ2) is 5.19. The van der Waals surface area contributed by atoms with Crippen molar-refractivity contribution < 1.29 is 13.2 Å². The molecule has 1 aromatic heterocycles. The monoisotopic (exact) mass is 361 g/mol. The highest BCUT2D eigenvalue weighted by Crippen LogP contribution is 2.43. The Balaban J connectivity index is 1.91. The Morgan fingerprint density at radius 3 is 2.76 bits per heavy atom. The normalized spacial score (nSPS) is 23.6. The van der Waals surface area contributed by atoms with Gasteiger partial charge in [0.15, 0.2) is 0 Å². The molecule has 3 N–H and O–H groups in total. The molecule has 1 saturated carbocycles. The summed E-state index contributed by atoms with van der Waals surface area (Å²) in [6, 6.07) is 3.58. The first kappa shape index (κ1) is 14.7. The highest BCUT2D eigenvalue weighted by molar-refractivity contribution is 9.10. The van der Waals surface area contributed by atoms with E-state index in [2.05, 4.69) is 25.9 Å². The van der Waals surface area contributed by atoms with Crippen LogP contribution < -0.4 is 5.73 Å². The summed E-state index contributed by atoms with van der Waals surface area (Å²) in [4.78, 5) is 7.56. The van der Waals surface area contributed by atoms with Crippen molar-refractivity contribution >= 4 is 32.7 Å². The number of nitrogens with two attached hydrogens (primary N) is 1. The quantitative estimate of drug-likeness (QED) is 0.720. The van der Waals surface area contributed by atoms with Crippen LogP contribution in [0.3, 0.4) is 0 Å². The van der Waals surface area contributed by atoms with Crippen molar-refractivity contribution in [2.45, 2.75) is 37.8 Å². The highest BCUT2D eigenvalue weighted by Gasteiger charge is 2.42. The number of aromatic amines is 1. The van der Waals surface area contributed by atoms with Gasteiger partial charge in [-0.05, 0) is 31.4 Å². The van der Waals surface area contributed by atoms with Crippen molar-refractivity contribution in [1.82, 2.24) is 9.97 Å². The minimum atomic E-state index is -4.12. The molecular formula is C14H15BrF3N3. The summed E-state index contributed by atoms with van der Waals surface area (Å²) in [5.41, 5.74) is 7.81. The molecular weight excluding hydrogens is 347 g/mol. The molecule has 1 aliphatic carbocycles. The number of fused-ring (bicyclic) bond motifs is 1. The number of rotatable bonds is 1. The van der Waals surface area contributed by atoms with Crippen LogP contribution in [0.25, 0.3) is 11.0 Å². The molecule has 0 spiro atoms.